The Labute approximate surface area is 277 Å². The lowest BCUT2D eigenvalue weighted by Gasteiger charge is -2.28. The Kier molecular flexibility index (Phi) is 9.88. The van der Waals surface area contributed by atoms with Gasteiger partial charge in [-0.25, -0.2) is 16.8 Å². The molecule has 16 heteroatoms. The van der Waals surface area contributed by atoms with Crippen molar-refractivity contribution in [2.24, 2.45) is 11.5 Å². The molecule has 4 aromatic carbocycles. The summed E-state index contributed by atoms with van der Waals surface area (Å²) in [6, 6.07) is 19.7. The molecule has 0 saturated carbocycles. The second kappa shape index (κ2) is 13.9. The smallest absolute Gasteiger partial charge is 0.264 e. The molecule has 4 aromatic rings. The van der Waals surface area contributed by atoms with E-state index < -0.39 is 45.0 Å². The average Bonchev–Trinajstić information content (AvgIpc) is 3.62. The maximum Gasteiger partial charge on any atom is 0.264 e. The number of hydrogen-bond donors (Lipinski definition) is 4. The van der Waals surface area contributed by atoms with Crippen LogP contribution in [0, 0.1) is 0 Å². The van der Waals surface area contributed by atoms with Crippen LogP contribution in [0.4, 0.5) is 17.1 Å². The van der Waals surface area contributed by atoms with E-state index in [0.717, 1.165) is 21.6 Å². The van der Waals surface area contributed by atoms with Crippen LogP contribution in [0.25, 0.3) is 10.8 Å². The number of carbonyl (C=O) groups is 3. The highest BCUT2D eigenvalue weighted by Gasteiger charge is 2.32. The molecule has 5 rings (SSSR count). The molecule has 1 atom stereocenters. The monoisotopic (exact) mass is 694 g/mol. The fourth-order valence-corrected chi connectivity index (χ4v) is 8.33. The van der Waals surface area contributed by atoms with Crippen LogP contribution in [0.5, 0.6) is 5.75 Å². The predicted molar refractivity (Wildman–Crippen MR) is 180 cm³/mol. The van der Waals surface area contributed by atoms with Gasteiger partial charge in [-0.3, -0.25) is 23.0 Å². The minimum Gasteiger partial charge on any atom is -0.497 e. The van der Waals surface area contributed by atoms with Crippen LogP contribution in [0.15, 0.2) is 94.7 Å². The third-order valence-electron chi connectivity index (χ3n) is 7.75. The molecule has 0 aliphatic carbocycles. The van der Waals surface area contributed by atoms with Gasteiger partial charge < -0.3 is 26.8 Å². The maximum absolute atomic E-state index is 14.1. The zero-order valence-corrected chi connectivity index (χ0v) is 27.5. The summed E-state index contributed by atoms with van der Waals surface area (Å²) in [6.07, 6.45) is 1.57. The van der Waals surface area contributed by atoms with Crippen molar-refractivity contribution in [1.29, 1.82) is 0 Å². The molecule has 6 N–H and O–H groups in total. The maximum atomic E-state index is 14.1. The third kappa shape index (κ3) is 7.05. The number of ether oxygens (including phenoxy) is 1. The van der Waals surface area contributed by atoms with Gasteiger partial charge >= 0.3 is 0 Å². The normalized spacial score (nSPS) is 14.7. The summed E-state index contributed by atoms with van der Waals surface area (Å²) in [5, 5.41) is 6.35. The topological polar surface area (TPSA) is 211 Å². The van der Waals surface area contributed by atoms with E-state index in [4.69, 9.17) is 16.2 Å². The van der Waals surface area contributed by atoms with E-state index >= 15 is 0 Å². The number of sulfonamides is 2. The van der Waals surface area contributed by atoms with Crippen molar-refractivity contribution in [2.45, 2.75) is 28.7 Å². The van der Waals surface area contributed by atoms with Gasteiger partial charge in [0, 0.05) is 16.5 Å². The van der Waals surface area contributed by atoms with Crippen LogP contribution in [0.3, 0.4) is 0 Å². The van der Waals surface area contributed by atoms with Crippen molar-refractivity contribution >= 4 is 65.6 Å². The molecule has 252 valence electrons. The number of hydrogen-bond acceptors (Lipinski definition) is 9. The molecule has 48 heavy (non-hydrogen) atoms. The van der Waals surface area contributed by atoms with Gasteiger partial charge in [0.25, 0.3) is 20.0 Å². The molecule has 0 spiro atoms. The highest BCUT2D eigenvalue weighted by atomic mass is 32.2. The lowest BCUT2D eigenvalue weighted by molar-refractivity contribution is -0.118. The van der Waals surface area contributed by atoms with Crippen LogP contribution in [-0.2, 0) is 34.4 Å². The summed E-state index contributed by atoms with van der Waals surface area (Å²) in [4.78, 5) is 36.6. The SMILES string of the molecule is COc1ccc(S(=O)(=O)N(CC(N)=O)c2ccc(N(CC(N)=O)S(=O)(=O)c3ccc(NC(=O)[C@@H]4CCCN4)cc3)c3ccccc23)cc1. The van der Waals surface area contributed by atoms with E-state index in [1.807, 2.05) is 0 Å². The van der Waals surface area contributed by atoms with Gasteiger partial charge in [0.15, 0.2) is 0 Å². The fourth-order valence-electron chi connectivity index (χ4n) is 5.43. The zero-order valence-electron chi connectivity index (χ0n) is 25.8. The van der Waals surface area contributed by atoms with Crippen LogP contribution in [-0.4, -0.2) is 67.3 Å². The van der Waals surface area contributed by atoms with Crippen molar-refractivity contribution in [1.82, 2.24) is 5.32 Å². The van der Waals surface area contributed by atoms with Gasteiger partial charge in [-0.05, 0) is 80.1 Å². The first kappa shape index (κ1) is 34.2. The van der Waals surface area contributed by atoms with Crippen LogP contribution < -0.4 is 35.4 Å². The summed E-state index contributed by atoms with van der Waals surface area (Å²) in [5.41, 5.74) is 11.5. The summed E-state index contributed by atoms with van der Waals surface area (Å²) < 4.78 is 62.6. The average molecular weight is 695 g/mol. The number of nitrogens with one attached hydrogen (secondary N) is 2. The summed E-state index contributed by atoms with van der Waals surface area (Å²) in [7, 11) is -7.38. The van der Waals surface area contributed by atoms with Crippen molar-refractivity contribution in [3.05, 3.63) is 84.9 Å². The number of carbonyl (C=O) groups excluding carboxylic acids is 3. The van der Waals surface area contributed by atoms with Gasteiger partial charge in [0.1, 0.15) is 18.8 Å². The van der Waals surface area contributed by atoms with Crippen LogP contribution in [0.1, 0.15) is 12.8 Å². The van der Waals surface area contributed by atoms with E-state index in [0.29, 0.717) is 17.9 Å². The minimum absolute atomic E-state index is 0.0266. The largest absolute Gasteiger partial charge is 0.497 e. The standard InChI is InChI=1S/C32H34N6O8S2/c1-46-22-10-14-24(15-11-22)48(44,45)38(20-31(34)40)29-17-16-28(25-5-2-3-6-26(25)29)37(19-30(33)39)47(42,43)23-12-8-21(9-13-23)36-32(41)27-7-4-18-35-27/h2-3,5-6,8-17,27,35H,4,7,18-20H2,1H3,(H2,33,39)(H2,34,40)(H,36,41)/t27-/m0/s1. The predicted octanol–water partition coefficient (Wildman–Crippen LogP) is 1.90. The Bertz CT molecular complexity index is 2070. The van der Waals surface area contributed by atoms with Gasteiger partial charge in [-0.1, -0.05) is 24.3 Å². The van der Waals surface area contributed by atoms with E-state index in [1.54, 1.807) is 24.3 Å². The number of fused-ring (bicyclic) bond motifs is 1. The highest BCUT2D eigenvalue weighted by molar-refractivity contribution is 7.93. The van der Waals surface area contributed by atoms with Crippen LogP contribution in [0.2, 0.25) is 0 Å². The minimum atomic E-state index is -4.44. The zero-order chi connectivity index (χ0) is 34.6. The number of nitrogens with two attached hydrogens (primary N) is 2. The number of benzene rings is 4. The molecule has 0 bridgehead atoms. The third-order valence-corrected chi connectivity index (χ3v) is 11.3. The van der Waals surface area contributed by atoms with Crippen molar-refractivity contribution < 1.29 is 36.0 Å². The summed E-state index contributed by atoms with van der Waals surface area (Å²) in [6.45, 7) is -0.727. The lowest BCUT2D eigenvalue weighted by atomic mass is 10.1. The van der Waals surface area contributed by atoms with Gasteiger partial charge in [0.05, 0.1) is 34.3 Å². The van der Waals surface area contributed by atoms with Crippen molar-refractivity contribution in [3.63, 3.8) is 0 Å². The first-order valence-corrected chi connectivity index (χ1v) is 17.6. The van der Waals surface area contributed by atoms with Gasteiger partial charge in [-0.2, -0.15) is 0 Å². The molecule has 1 aliphatic rings. The summed E-state index contributed by atoms with van der Waals surface area (Å²) >= 11 is 0. The molecular formula is C32H34N6O8S2. The quantitative estimate of drug-likeness (QED) is 0.161. The fraction of sp³-hybridized carbons (Fsp3) is 0.219. The molecule has 3 amide bonds. The Hall–Kier alpha value is -5.19. The Balaban J connectivity index is 1.57. The molecule has 0 unspecified atom stereocenters. The molecule has 0 radical (unpaired) electrons. The summed E-state index contributed by atoms with van der Waals surface area (Å²) in [5.74, 6) is -1.69. The molecule has 1 heterocycles. The van der Waals surface area contributed by atoms with Crippen LogP contribution >= 0.6 is 0 Å². The number of anilines is 3. The number of methoxy groups -OCH3 is 1. The van der Waals surface area contributed by atoms with Crippen molar-refractivity contribution in [3.8, 4) is 5.75 Å². The van der Waals surface area contributed by atoms with Crippen molar-refractivity contribution in [2.75, 3.05) is 40.7 Å². The Morgan fingerprint density at radius 1 is 0.771 bits per heavy atom. The second-order valence-electron chi connectivity index (χ2n) is 10.9. The Morgan fingerprint density at radius 3 is 1.67 bits per heavy atom. The van der Waals surface area contributed by atoms with Gasteiger partial charge in [0.2, 0.25) is 17.7 Å². The number of amides is 3. The molecule has 14 nitrogen and oxygen atoms in total. The second-order valence-corrected chi connectivity index (χ2v) is 14.7. The first-order chi connectivity index (χ1) is 22.8. The van der Waals surface area contributed by atoms with E-state index in [2.05, 4.69) is 10.6 Å². The molecule has 0 aromatic heterocycles. The molecule has 1 saturated heterocycles. The lowest BCUT2D eigenvalue weighted by Crippen LogP contribution is -2.39. The van der Waals surface area contributed by atoms with Gasteiger partial charge in [-0.15, -0.1) is 0 Å². The van der Waals surface area contributed by atoms with E-state index in [1.165, 1.54) is 67.8 Å². The first-order valence-electron chi connectivity index (χ1n) is 14.7. The molecular weight excluding hydrogens is 661 g/mol. The van der Waals surface area contributed by atoms with E-state index in [-0.39, 0.29) is 43.9 Å². The van der Waals surface area contributed by atoms with E-state index in [9.17, 15) is 31.2 Å². The number of rotatable bonds is 13. The molecule has 1 fully saturated rings. The Morgan fingerprint density at radius 2 is 1.25 bits per heavy atom. The molecule has 1 aliphatic heterocycles. The highest BCUT2D eigenvalue weighted by Crippen LogP contribution is 2.38. The number of nitrogens with zero attached hydrogens (tertiary/aromatic N) is 2. The number of primary amides is 2.